The van der Waals surface area contributed by atoms with Gasteiger partial charge in [0.1, 0.15) is 0 Å². The SMILES string of the molecule is CCOC(=O)C1(C(=O)OCC)Cc2cc(C)c(CO)cc2C1. The van der Waals surface area contributed by atoms with E-state index in [1.165, 1.54) is 0 Å². The molecule has 2 rings (SSSR count). The Hall–Kier alpha value is -1.88. The molecule has 0 saturated heterocycles. The van der Waals surface area contributed by atoms with Crippen molar-refractivity contribution in [2.24, 2.45) is 5.41 Å². The van der Waals surface area contributed by atoms with Crippen molar-refractivity contribution in [1.29, 1.82) is 0 Å². The number of fused-ring (bicyclic) bond motifs is 1. The monoisotopic (exact) mass is 306 g/mol. The van der Waals surface area contributed by atoms with Gasteiger partial charge in [0.2, 0.25) is 0 Å². The summed E-state index contributed by atoms with van der Waals surface area (Å²) in [7, 11) is 0. The number of benzene rings is 1. The topological polar surface area (TPSA) is 72.8 Å². The molecule has 0 unspecified atom stereocenters. The highest BCUT2D eigenvalue weighted by atomic mass is 16.6. The fourth-order valence-corrected chi connectivity index (χ4v) is 2.99. The summed E-state index contributed by atoms with van der Waals surface area (Å²) < 4.78 is 10.3. The van der Waals surface area contributed by atoms with E-state index in [-0.39, 0.29) is 32.7 Å². The molecule has 1 aromatic rings. The van der Waals surface area contributed by atoms with E-state index in [2.05, 4.69) is 0 Å². The first-order valence-electron chi connectivity index (χ1n) is 7.55. The van der Waals surface area contributed by atoms with Gasteiger partial charge in [-0.1, -0.05) is 12.1 Å². The van der Waals surface area contributed by atoms with Gasteiger partial charge in [-0.15, -0.1) is 0 Å². The number of hydrogen-bond donors (Lipinski definition) is 1. The highest BCUT2D eigenvalue weighted by molar-refractivity contribution is 6.01. The van der Waals surface area contributed by atoms with Crippen LogP contribution in [0.1, 0.15) is 36.1 Å². The van der Waals surface area contributed by atoms with Gasteiger partial charge >= 0.3 is 11.9 Å². The van der Waals surface area contributed by atoms with E-state index in [0.717, 1.165) is 22.3 Å². The van der Waals surface area contributed by atoms with Crippen LogP contribution in [0.5, 0.6) is 0 Å². The zero-order chi connectivity index (χ0) is 16.3. The molecule has 1 aliphatic rings. The number of aliphatic hydroxyl groups is 1. The van der Waals surface area contributed by atoms with Crippen molar-refractivity contribution in [3.05, 3.63) is 34.4 Å². The number of aliphatic hydroxyl groups excluding tert-OH is 1. The summed E-state index contributed by atoms with van der Waals surface area (Å²) in [5.74, 6) is -1.07. The van der Waals surface area contributed by atoms with Gasteiger partial charge in [-0.2, -0.15) is 0 Å². The number of ether oxygens (including phenoxy) is 2. The van der Waals surface area contributed by atoms with Crippen molar-refractivity contribution in [3.63, 3.8) is 0 Å². The van der Waals surface area contributed by atoms with Crippen LogP contribution in [0.15, 0.2) is 12.1 Å². The van der Waals surface area contributed by atoms with E-state index < -0.39 is 17.4 Å². The molecular weight excluding hydrogens is 284 g/mol. The van der Waals surface area contributed by atoms with E-state index in [1.54, 1.807) is 13.8 Å². The van der Waals surface area contributed by atoms with Crippen molar-refractivity contribution in [1.82, 2.24) is 0 Å². The van der Waals surface area contributed by atoms with E-state index in [1.807, 2.05) is 19.1 Å². The first kappa shape index (κ1) is 16.5. The van der Waals surface area contributed by atoms with Crippen molar-refractivity contribution in [2.45, 2.75) is 40.2 Å². The first-order chi connectivity index (χ1) is 10.5. The lowest BCUT2D eigenvalue weighted by atomic mass is 9.84. The average Bonchev–Trinajstić information content (AvgIpc) is 2.86. The average molecular weight is 306 g/mol. The molecule has 0 aliphatic heterocycles. The molecule has 1 aliphatic carbocycles. The van der Waals surface area contributed by atoms with Crippen molar-refractivity contribution < 1.29 is 24.2 Å². The molecular formula is C17H22O5. The van der Waals surface area contributed by atoms with Crippen LogP contribution in [0.4, 0.5) is 0 Å². The van der Waals surface area contributed by atoms with Gasteiger partial charge in [-0.05, 0) is 55.9 Å². The van der Waals surface area contributed by atoms with E-state index in [0.29, 0.717) is 0 Å². The molecule has 0 saturated carbocycles. The third-order valence-corrected chi connectivity index (χ3v) is 4.15. The first-order valence-corrected chi connectivity index (χ1v) is 7.55. The van der Waals surface area contributed by atoms with Gasteiger partial charge in [0, 0.05) is 0 Å². The van der Waals surface area contributed by atoms with Gasteiger partial charge in [-0.25, -0.2) is 0 Å². The van der Waals surface area contributed by atoms with E-state index in [4.69, 9.17) is 9.47 Å². The lowest BCUT2D eigenvalue weighted by molar-refractivity contribution is -0.171. The standard InChI is InChI=1S/C17H22O5/c1-4-21-15(19)17(16(20)22-5-2)8-12-6-11(3)14(10-18)7-13(12)9-17/h6-7,18H,4-5,8-10H2,1-3H3. The summed E-state index contributed by atoms with van der Waals surface area (Å²) in [5, 5.41) is 9.38. The Bertz CT molecular complexity index is 573. The molecule has 0 bridgehead atoms. The largest absolute Gasteiger partial charge is 0.465 e. The maximum absolute atomic E-state index is 12.4. The molecule has 0 spiro atoms. The molecule has 5 nitrogen and oxygen atoms in total. The number of rotatable bonds is 5. The number of aryl methyl sites for hydroxylation is 1. The normalized spacial score (nSPS) is 15.3. The Morgan fingerprint density at radius 2 is 1.59 bits per heavy atom. The zero-order valence-electron chi connectivity index (χ0n) is 13.3. The van der Waals surface area contributed by atoms with Gasteiger partial charge < -0.3 is 14.6 Å². The summed E-state index contributed by atoms with van der Waals surface area (Å²) in [4.78, 5) is 24.8. The van der Waals surface area contributed by atoms with Crippen molar-refractivity contribution >= 4 is 11.9 Å². The van der Waals surface area contributed by atoms with Crippen LogP contribution in [0.25, 0.3) is 0 Å². The predicted molar refractivity (Wildman–Crippen MR) is 80.2 cm³/mol. The molecule has 0 radical (unpaired) electrons. The molecule has 22 heavy (non-hydrogen) atoms. The Morgan fingerprint density at radius 3 is 2.05 bits per heavy atom. The minimum Gasteiger partial charge on any atom is -0.465 e. The molecule has 0 atom stereocenters. The van der Waals surface area contributed by atoms with E-state index in [9.17, 15) is 14.7 Å². The van der Waals surface area contributed by atoms with Crippen LogP contribution in [0.2, 0.25) is 0 Å². The molecule has 120 valence electrons. The number of esters is 2. The Kier molecular flexibility index (Phi) is 4.86. The van der Waals surface area contributed by atoms with Gasteiger partial charge in [-0.3, -0.25) is 9.59 Å². The molecule has 1 aromatic carbocycles. The smallest absolute Gasteiger partial charge is 0.324 e. The maximum atomic E-state index is 12.4. The van der Waals surface area contributed by atoms with Crippen molar-refractivity contribution in [3.8, 4) is 0 Å². The van der Waals surface area contributed by atoms with Crippen LogP contribution in [0, 0.1) is 12.3 Å². The van der Waals surface area contributed by atoms with Crippen LogP contribution in [-0.2, 0) is 38.5 Å². The highest BCUT2D eigenvalue weighted by Gasteiger charge is 2.53. The zero-order valence-corrected chi connectivity index (χ0v) is 13.3. The quantitative estimate of drug-likeness (QED) is 0.662. The Morgan fingerprint density at radius 1 is 1.09 bits per heavy atom. The minimum atomic E-state index is -1.30. The van der Waals surface area contributed by atoms with Gasteiger partial charge in [0.25, 0.3) is 0 Å². The second-order valence-electron chi connectivity index (χ2n) is 5.58. The van der Waals surface area contributed by atoms with Crippen molar-refractivity contribution in [2.75, 3.05) is 13.2 Å². The fraction of sp³-hybridized carbons (Fsp3) is 0.529. The Labute approximate surface area is 130 Å². The molecule has 0 amide bonds. The third-order valence-electron chi connectivity index (χ3n) is 4.15. The second kappa shape index (κ2) is 6.48. The summed E-state index contributed by atoms with van der Waals surface area (Å²) in [5.41, 5.74) is 2.30. The molecule has 0 aromatic heterocycles. The molecule has 0 heterocycles. The fourth-order valence-electron chi connectivity index (χ4n) is 2.99. The minimum absolute atomic E-state index is 0.0646. The Balaban J connectivity index is 2.42. The third kappa shape index (κ3) is 2.73. The van der Waals surface area contributed by atoms with Crippen LogP contribution < -0.4 is 0 Å². The lowest BCUT2D eigenvalue weighted by Crippen LogP contribution is -2.43. The lowest BCUT2D eigenvalue weighted by Gasteiger charge is -2.23. The number of carbonyl (C=O) groups is 2. The number of hydrogen-bond acceptors (Lipinski definition) is 5. The summed E-state index contributed by atoms with van der Waals surface area (Å²) in [6.07, 6.45) is 0.541. The van der Waals surface area contributed by atoms with Gasteiger partial charge in [0.15, 0.2) is 5.41 Å². The highest BCUT2D eigenvalue weighted by Crippen LogP contribution is 2.40. The summed E-state index contributed by atoms with van der Waals surface area (Å²) >= 11 is 0. The molecule has 1 N–H and O–H groups in total. The summed E-state index contributed by atoms with van der Waals surface area (Å²) in [6, 6.07) is 3.80. The molecule has 0 fully saturated rings. The number of carbonyl (C=O) groups excluding carboxylic acids is 2. The van der Waals surface area contributed by atoms with Gasteiger partial charge in [0.05, 0.1) is 19.8 Å². The van der Waals surface area contributed by atoms with E-state index >= 15 is 0 Å². The molecule has 5 heteroatoms. The van der Waals surface area contributed by atoms with Crippen LogP contribution >= 0.6 is 0 Å². The van der Waals surface area contributed by atoms with Crippen LogP contribution in [-0.4, -0.2) is 30.3 Å². The second-order valence-corrected chi connectivity index (χ2v) is 5.58. The maximum Gasteiger partial charge on any atom is 0.324 e. The summed E-state index contributed by atoms with van der Waals surface area (Å²) in [6.45, 7) is 5.71. The predicted octanol–water partition coefficient (Wildman–Crippen LogP) is 1.70. The van der Waals surface area contributed by atoms with Crippen LogP contribution in [0.3, 0.4) is 0 Å².